The Morgan fingerprint density at radius 3 is 1.87 bits per heavy atom. The van der Waals surface area contributed by atoms with Crippen molar-refractivity contribution in [2.75, 3.05) is 14.1 Å². The fraction of sp³-hybridized carbons (Fsp3) is 0.909. The molecule has 90 valence electrons. The summed E-state index contributed by atoms with van der Waals surface area (Å²) in [6.45, 7) is 1.72. The fourth-order valence-corrected chi connectivity index (χ4v) is 1.35. The van der Waals surface area contributed by atoms with Gasteiger partial charge in [0.1, 0.15) is 6.23 Å². The lowest BCUT2D eigenvalue weighted by molar-refractivity contribution is -0.142. The summed E-state index contributed by atoms with van der Waals surface area (Å²) >= 11 is 0. The first kappa shape index (κ1) is 14.4. The Morgan fingerprint density at radius 1 is 1.27 bits per heavy atom. The average molecular weight is 217 g/mol. The number of aliphatic hydroxyl groups is 1. The van der Waals surface area contributed by atoms with Gasteiger partial charge in [-0.05, 0) is 33.9 Å². The first-order valence-electron chi connectivity index (χ1n) is 5.52. The van der Waals surface area contributed by atoms with Crippen molar-refractivity contribution in [1.82, 2.24) is 4.90 Å². The predicted molar refractivity (Wildman–Crippen MR) is 59.6 cm³/mol. The Hall–Kier alpha value is -0.610. The first-order chi connectivity index (χ1) is 6.95. The highest BCUT2D eigenvalue weighted by molar-refractivity contribution is 5.69. The number of carbonyl (C=O) groups is 1. The minimum Gasteiger partial charge on any atom is -0.481 e. The first-order valence-corrected chi connectivity index (χ1v) is 5.52. The molecule has 2 N–H and O–H groups in total. The van der Waals surface area contributed by atoms with Crippen LogP contribution in [-0.2, 0) is 4.79 Å². The second kappa shape index (κ2) is 7.65. The molecule has 4 heteroatoms. The van der Waals surface area contributed by atoms with E-state index >= 15 is 0 Å². The SMILES string of the molecule is CC(O)N(C)C.O=C(O)C1CCCCC1. The Kier molecular flexibility index (Phi) is 7.34. The summed E-state index contributed by atoms with van der Waals surface area (Å²) in [7, 11) is 3.65. The van der Waals surface area contributed by atoms with Crippen molar-refractivity contribution < 1.29 is 15.0 Å². The largest absolute Gasteiger partial charge is 0.481 e. The summed E-state index contributed by atoms with van der Waals surface area (Å²) in [4.78, 5) is 12.1. The van der Waals surface area contributed by atoms with Gasteiger partial charge in [0.2, 0.25) is 0 Å². The van der Waals surface area contributed by atoms with Crippen molar-refractivity contribution in [2.24, 2.45) is 5.92 Å². The Bertz CT molecular complexity index is 169. The third kappa shape index (κ3) is 7.33. The molecule has 15 heavy (non-hydrogen) atoms. The molecule has 1 aliphatic rings. The third-order valence-corrected chi connectivity index (χ3v) is 2.70. The molecule has 0 saturated heterocycles. The molecular formula is C11H23NO3. The van der Waals surface area contributed by atoms with Crippen molar-refractivity contribution >= 4 is 5.97 Å². The molecule has 1 fully saturated rings. The highest BCUT2D eigenvalue weighted by Gasteiger charge is 2.19. The van der Waals surface area contributed by atoms with E-state index in [0.717, 1.165) is 25.7 Å². The topological polar surface area (TPSA) is 60.8 Å². The van der Waals surface area contributed by atoms with Crippen molar-refractivity contribution in [3.8, 4) is 0 Å². The van der Waals surface area contributed by atoms with Crippen LogP contribution in [0.5, 0.6) is 0 Å². The van der Waals surface area contributed by atoms with Crippen molar-refractivity contribution in [2.45, 2.75) is 45.3 Å². The number of hydrogen-bond donors (Lipinski definition) is 2. The normalized spacial score (nSPS) is 19.3. The third-order valence-electron chi connectivity index (χ3n) is 2.70. The van der Waals surface area contributed by atoms with E-state index in [9.17, 15) is 4.79 Å². The summed E-state index contributed by atoms with van der Waals surface area (Å²) in [5.74, 6) is -0.631. The summed E-state index contributed by atoms with van der Waals surface area (Å²) in [6.07, 6.45) is 4.92. The van der Waals surface area contributed by atoms with Gasteiger partial charge < -0.3 is 10.2 Å². The molecule has 0 amide bonds. The second-order valence-electron chi connectivity index (χ2n) is 4.27. The zero-order valence-corrected chi connectivity index (χ0v) is 9.94. The van der Waals surface area contributed by atoms with E-state index in [0.29, 0.717) is 0 Å². The summed E-state index contributed by atoms with van der Waals surface area (Å²) in [5.41, 5.74) is 0. The van der Waals surface area contributed by atoms with Gasteiger partial charge in [0.05, 0.1) is 5.92 Å². The number of hydrogen-bond acceptors (Lipinski definition) is 3. The van der Waals surface area contributed by atoms with E-state index in [1.165, 1.54) is 6.42 Å². The zero-order valence-electron chi connectivity index (χ0n) is 9.94. The molecule has 0 aromatic heterocycles. The smallest absolute Gasteiger partial charge is 0.306 e. The van der Waals surface area contributed by atoms with Crippen LogP contribution in [0, 0.1) is 5.92 Å². The summed E-state index contributed by atoms with van der Waals surface area (Å²) in [5, 5.41) is 17.1. The van der Waals surface area contributed by atoms with Crippen LogP contribution in [0.3, 0.4) is 0 Å². The van der Waals surface area contributed by atoms with Gasteiger partial charge in [-0.3, -0.25) is 9.69 Å². The predicted octanol–water partition coefficient (Wildman–Crippen LogP) is 1.54. The number of carboxylic acid groups (broad SMARTS) is 1. The molecule has 1 saturated carbocycles. The average Bonchev–Trinajstić information content (AvgIpc) is 2.20. The molecule has 0 aromatic carbocycles. The van der Waals surface area contributed by atoms with Gasteiger partial charge in [-0.25, -0.2) is 0 Å². The molecule has 1 atom stereocenters. The van der Waals surface area contributed by atoms with Crippen LogP contribution in [0.15, 0.2) is 0 Å². The van der Waals surface area contributed by atoms with Crippen LogP contribution in [0.25, 0.3) is 0 Å². The van der Waals surface area contributed by atoms with Crippen LogP contribution in [0.1, 0.15) is 39.0 Å². The van der Waals surface area contributed by atoms with Gasteiger partial charge >= 0.3 is 5.97 Å². The lowest BCUT2D eigenvalue weighted by Crippen LogP contribution is -2.23. The quantitative estimate of drug-likeness (QED) is 0.689. The van der Waals surface area contributed by atoms with E-state index in [2.05, 4.69) is 0 Å². The van der Waals surface area contributed by atoms with Crippen molar-refractivity contribution in [1.29, 1.82) is 0 Å². The number of aliphatic carboxylic acids is 1. The maximum atomic E-state index is 10.4. The number of carboxylic acids is 1. The van der Waals surface area contributed by atoms with Gasteiger partial charge in [0.15, 0.2) is 0 Å². The van der Waals surface area contributed by atoms with Crippen LogP contribution >= 0.6 is 0 Å². The van der Waals surface area contributed by atoms with Crippen molar-refractivity contribution in [3.05, 3.63) is 0 Å². The fourth-order valence-electron chi connectivity index (χ4n) is 1.35. The monoisotopic (exact) mass is 217 g/mol. The molecule has 4 nitrogen and oxygen atoms in total. The molecule has 0 radical (unpaired) electrons. The standard InChI is InChI=1S/C7H12O2.C4H11NO/c8-7(9)6-4-2-1-3-5-6;1-4(6)5(2)3/h6H,1-5H2,(H,8,9);4,6H,1-3H3. The Labute approximate surface area is 91.9 Å². The molecule has 0 spiro atoms. The molecule has 1 rings (SSSR count). The van der Waals surface area contributed by atoms with E-state index in [1.807, 2.05) is 14.1 Å². The van der Waals surface area contributed by atoms with E-state index in [1.54, 1.807) is 11.8 Å². The maximum Gasteiger partial charge on any atom is 0.306 e. The van der Waals surface area contributed by atoms with Crippen molar-refractivity contribution in [3.63, 3.8) is 0 Å². The van der Waals surface area contributed by atoms with Crippen LogP contribution < -0.4 is 0 Å². The molecule has 0 aliphatic heterocycles. The van der Waals surface area contributed by atoms with E-state index in [4.69, 9.17) is 10.2 Å². The highest BCUT2D eigenvalue weighted by atomic mass is 16.4. The van der Waals surface area contributed by atoms with Gasteiger partial charge in [-0.15, -0.1) is 0 Å². The molecule has 0 heterocycles. The molecule has 1 unspecified atom stereocenters. The molecule has 0 bridgehead atoms. The minimum absolute atomic E-state index is 0.0289. The molecule has 1 aliphatic carbocycles. The Morgan fingerprint density at radius 2 is 1.67 bits per heavy atom. The number of nitrogens with zero attached hydrogens (tertiary/aromatic N) is 1. The van der Waals surface area contributed by atoms with Crippen LogP contribution in [0.2, 0.25) is 0 Å². The lowest BCUT2D eigenvalue weighted by Gasteiger charge is -2.16. The van der Waals surface area contributed by atoms with Gasteiger partial charge in [-0.1, -0.05) is 19.3 Å². The lowest BCUT2D eigenvalue weighted by atomic mass is 9.90. The number of aliphatic hydroxyl groups excluding tert-OH is 1. The highest BCUT2D eigenvalue weighted by Crippen LogP contribution is 2.23. The van der Waals surface area contributed by atoms with Gasteiger partial charge in [0, 0.05) is 0 Å². The van der Waals surface area contributed by atoms with Crippen LogP contribution in [0.4, 0.5) is 0 Å². The second-order valence-corrected chi connectivity index (χ2v) is 4.27. The Balaban J connectivity index is 0.000000288. The van der Waals surface area contributed by atoms with Gasteiger partial charge in [-0.2, -0.15) is 0 Å². The minimum atomic E-state index is -0.602. The van der Waals surface area contributed by atoms with Gasteiger partial charge in [0.25, 0.3) is 0 Å². The van der Waals surface area contributed by atoms with E-state index < -0.39 is 5.97 Å². The molecular weight excluding hydrogens is 194 g/mol. The van der Waals surface area contributed by atoms with Crippen LogP contribution in [-0.4, -0.2) is 41.4 Å². The van der Waals surface area contributed by atoms with E-state index in [-0.39, 0.29) is 12.1 Å². The number of rotatable bonds is 2. The zero-order chi connectivity index (χ0) is 11.8. The summed E-state index contributed by atoms with van der Waals surface area (Å²) < 4.78 is 0. The summed E-state index contributed by atoms with van der Waals surface area (Å²) in [6, 6.07) is 0. The molecule has 0 aromatic rings. The maximum absolute atomic E-state index is 10.4.